The highest BCUT2D eigenvalue weighted by atomic mass is 16.8. The van der Waals surface area contributed by atoms with Crippen molar-refractivity contribution in [2.45, 2.75) is 199 Å². The van der Waals surface area contributed by atoms with Crippen LogP contribution in [0.15, 0.2) is 48.6 Å². The zero-order chi connectivity index (χ0) is 32.1. The van der Waals surface area contributed by atoms with E-state index in [1.54, 1.807) is 0 Å². The molecule has 0 aliphatic carbocycles. The Hall–Kier alpha value is -1.16. The molecule has 0 N–H and O–H groups in total. The minimum atomic E-state index is -0.304. The van der Waals surface area contributed by atoms with Crippen LogP contribution in [0.4, 0.5) is 0 Å². The molecule has 2 aliphatic heterocycles. The van der Waals surface area contributed by atoms with Crippen LogP contribution in [0.5, 0.6) is 0 Å². The molecule has 2 atom stereocenters. The fourth-order valence-electron chi connectivity index (χ4n) is 6.86. The van der Waals surface area contributed by atoms with Gasteiger partial charge in [-0.25, -0.2) is 0 Å². The number of nitrogens with zero attached hydrogens (tertiary/aromatic N) is 1. The van der Waals surface area contributed by atoms with Crippen LogP contribution in [-0.4, -0.2) is 43.0 Å². The third kappa shape index (κ3) is 20.6. The van der Waals surface area contributed by atoms with Crippen LogP contribution in [0.25, 0.3) is 0 Å². The number of hydrogen-bond acceptors (Lipinski definition) is 3. The van der Waals surface area contributed by atoms with Gasteiger partial charge in [0.1, 0.15) is 12.2 Å². The third-order valence-electron chi connectivity index (χ3n) is 9.65. The summed E-state index contributed by atoms with van der Waals surface area (Å²) in [5, 5.41) is 0. The van der Waals surface area contributed by atoms with Gasteiger partial charge in [-0.05, 0) is 84.1 Å². The van der Waals surface area contributed by atoms with E-state index in [1.807, 2.05) is 0 Å². The van der Waals surface area contributed by atoms with Gasteiger partial charge in [-0.1, -0.05) is 140 Å². The Morgan fingerprint density at radius 1 is 0.467 bits per heavy atom. The Bertz CT molecular complexity index is 720. The molecule has 2 heterocycles. The second kappa shape index (κ2) is 27.9. The Balaban J connectivity index is 1.50. The Kier molecular flexibility index (Phi) is 24.8. The Morgan fingerprint density at radius 2 is 0.800 bits per heavy atom. The van der Waals surface area contributed by atoms with Crippen molar-refractivity contribution in [3.8, 4) is 0 Å². The first-order valence-electron chi connectivity index (χ1n) is 19.8. The van der Waals surface area contributed by atoms with Crippen molar-refractivity contribution in [2.75, 3.05) is 20.1 Å². The molecule has 2 saturated heterocycles. The van der Waals surface area contributed by atoms with E-state index in [1.165, 1.54) is 141 Å². The molecule has 260 valence electrons. The van der Waals surface area contributed by atoms with Gasteiger partial charge in [-0.3, -0.25) is 0 Å². The van der Waals surface area contributed by atoms with Gasteiger partial charge in [-0.2, -0.15) is 0 Å². The lowest BCUT2D eigenvalue weighted by atomic mass is 9.98. The van der Waals surface area contributed by atoms with Crippen LogP contribution >= 0.6 is 0 Å². The first kappa shape index (κ1) is 40.0. The van der Waals surface area contributed by atoms with E-state index < -0.39 is 0 Å². The summed E-state index contributed by atoms with van der Waals surface area (Å²) in [6.45, 7) is 6.59. The first-order valence-corrected chi connectivity index (χ1v) is 19.8. The first-order chi connectivity index (χ1) is 22.2. The minimum absolute atomic E-state index is 0.282. The van der Waals surface area contributed by atoms with Gasteiger partial charge in [0, 0.05) is 25.9 Å². The van der Waals surface area contributed by atoms with Crippen LogP contribution in [0.1, 0.15) is 181 Å². The number of allylic oxidation sites excluding steroid dienone is 8. The largest absolute Gasteiger partial charge is 0.343 e. The Labute approximate surface area is 281 Å². The maximum atomic E-state index is 6.70. The molecule has 0 amide bonds. The second-order valence-electron chi connectivity index (χ2n) is 14.1. The summed E-state index contributed by atoms with van der Waals surface area (Å²) < 4.78 is 13.4. The molecule has 0 unspecified atom stereocenters. The highest BCUT2D eigenvalue weighted by molar-refractivity contribution is 4.95. The van der Waals surface area contributed by atoms with Gasteiger partial charge in [-0.15, -0.1) is 0 Å². The standard InChI is InChI=1S/C42H75NO2/c1-4-6-8-10-12-14-16-18-20-22-24-26-28-30-32-34-36-42(44-40-38-43(3)39-41(40)45-42)37-35-33-31-29-27-25-23-21-19-17-15-13-11-9-7-5-2/h12-15,18-21,40-41H,4-11,16-17,22-39H2,1-3H3/t40-,41+,42?. The zero-order valence-corrected chi connectivity index (χ0v) is 30.3. The number of likely N-dealkylation sites (N-methyl/N-ethyl adjacent to an activating group) is 1. The molecule has 3 nitrogen and oxygen atoms in total. The van der Waals surface area contributed by atoms with E-state index in [2.05, 4.69) is 74.4 Å². The maximum Gasteiger partial charge on any atom is 0.169 e. The number of rotatable bonds is 30. The second-order valence-corrected chi connectivity index (χ2v) is 14.1. The van der Waals surface area contributed by atoms with Crippen LogP contribution in [-0.2, 0) is 9.47 Å². The van der Waals surface area contributed by atoms with Gasteiger partial charge < -0.3 is 14.4 Å². The van der Waals surface area contributed by atoms with Crippen LogP contribution in [0.2, 0.25) is 0 Å². The summed E-state index contributed by atoms with van der Waals surface area (Å²) in [5.41, 5.74) is 0. The van der Waals surface area contributed by atoms with E-state index in [4.69, 9.17) is 9.47 Å². The van der Waals surface area contributed by atoms with E-state index in [-0.39, 0.29) is 18.0 Å². The molecular weight excluding hydrogens is 550 g/mol. The number of unbranched alkanes of at least 4 members (excludes halogenated alkanes) is 18. The van der Waals surface area contributed by atoms with Crippen LogP contribution in [0, 0.1) is 0 Å². The molecule has 3 heteroatoms. The summed E-state index contributed by atoms with van der Waals surface area (Å²) in [6.07, 6.45) is 52.7. The van der Waals surface area contributed by atoms with E-state index >= 15 is 0 Å². The van der Waals surface area contributed by atoms with Gasteiger partial charge >= 0.3 is 0 Å². The number of ether oxygens (including phenoxy) is 2. The maximum absolute atomic E-state index is 6.70. The molecule has 2 aliphatic rings. The highest BCUT2D eigenvalue weighted by Gasteiger charge is 2.49. The molecule has 0 aromatic rings. The number of fused-ring (bicyclic) bond motifs is 1. The van der Waals surface area contributed by atoms with Gasteiger partial charge in [0.2, 0.25) is 0 Å². The van der Waals surface area contributed by atoms with Gasteiger partial charge in [0.05, 0.1) is 0 Å². The van der Waals surface area contributed by atoms with Crippen molar-refractivity contribution in [3.05, 3.63) is 48.6 Å². The van der Waals surface area contributed by atoms with Crippen molar-refractivity contribution >= 4 is 0 Å². The lowest BCUT2D eigenvalue weighted by Gasteiger charge is -2.30. The van der Waals surface area contributed by atoms with E-state index in [9.17, 15) is 0 Å². The SMILES string of the molecule is CCCCCC=CCC=CCCCCCCCCC1(CCCCCCCCC=CCC=CCCCCC)O[C@H]2CN(C)C[C@H]2O1. The molecule has 0 aromatic heterocycles. The predicted octanol–water partition coefficient (Wildman–Crippen LogP) is 12.8. The zero-order valence-electron chi connectivity index (χ0n) is 30.3. The fourth-order valence-corrected chi connectivity index (χ4v) is 6.86. The van der Waals surface area contributed by atoms with Crippen molar-refractivity contribution in [2.24, 2.45) is 0 Å². The molecule has 0 saturated carbocycles. The summed E-state index contributed by atoms with van der Waals surface area (Å²) in [6, 6.07) is 0. The molecule has 45 heavy (non-hydrogen) atoms. The lowest BCUT2D eigenvalue weighted by molar-refractivity contribution is -0.193. The van der Waals surface area contributed by atoms with Crippen LogP contribution < -0.4 is 0 Å². The fraction of sp³-hybridized carbons (Fsp3) is 0.810. The molecule has 2 rings (SSSR count). The van der Waals surface area contributed by atoms with Gasteiger partial charge in [0.15, 0.2) is 5.79 Å². The van der Waals surface area contributed by atoms with Gasteiger partial charge in [0.25, 0.3) is 0 Å². The van der Waals surface area contributed by atoms with Crippen LogP contribution in [0.3, 0.4) is 0 Å². The van der Waals surface area contributed by atoms with Crippen molar-refractivity contribution in [1.29, 1.82) is 0 Å². The van der Waals surface area contributed by atoms with E-state index in [0.717, 1.165) is 38.8 Å². The monoisotopic (exact) mass is 626 g/mol. The van der Waals surface area contributed by atoms with E-state index in [0.29, 0.717) is 0 Å². The Morgan fingerprint density at radius 3 is 1.18 bits per heavy atom. The summed E-state index contributed by atoms with van der Waals surface area (Å²) in [5.74, 6) is -0.304. The molecule has 0 radical (unpaired) electrons. The minimum Gasteiger partial charge on any atom is -0.343 e. The smallest absolute Gasteiger partial charge is 0.169 e. The highest BCUT2D eigenvalue weighted by Crippen LogP contribution is 2.40. The summed E-state index contributed by atoms with van der Waals surface area (Å²) >= 11 is 0. The molecule has 0 bridgehead atoms. The summed E-state index contributed by atoms with van der Waals surface area (Å²) in [4.78, 5) is 2.36. The molecule has 0 aromatic carbocycles. The molecule has 0 spiro atoms. The lowest BCUT2D eigenvalue weighted by Crippen LogP contribution is -2.34. The van der Waals surface area contributed by atoms with Crippen molar-refractivity contribution in [1.82, 2.24) is 4.90 Å². The quantitative estimate of drug-likeness (QED) is 0.0585. The third-order valence-corrected chi connectivity index (χ3v) is 9.65. The molecular formula is C42H75NO2. The summed E-state index contributed by atoms with van der Waals surface area (Å²) in [7, 11) is 2.19. The average molecular weight is 626 g/mol. The van der Waals surface area contributed by atoms with Crippen molar-refractivity contribution in [3.63, 3.8) is 0 Å². The topological polar surface area (TPSA) is 21.7 Å². The number of likely N-dealkylation sites (tertiary alicyclic amines) is 1. The normalized spacial score (nSPS) is 22.4. The van der Waals surface area contributed by atoms with Crippen molar-refractivity contribution < 1.29 is 9.47 Å². The molecule has 2 fully saturated rings. The number of hydrogen-bond donors (Lipinski definition) is 0. The average Bonchev–Trinajstić information content (AvgIpc) is 3.54. The predicted molar refractivity (Wildman–Crippen MR) is 198 cm³/mol.